The minimum Gasteiger partial charge on any atom is -0.368 e. The number of nitrogens with one attached hydrogen (secondary N) is 7. The number of hydrogen-bond acceptors (Lipinski definition) is 8. The van der Waals surface area contributed by atoms with Gasteiger partial charge in [0.15, 0.2) is 0 Å². The molecule has 2 unspecified atom stereocenters. The molecule has 0 bridgehead atoms. The Kier molecular flexibility index (Phi) is 13.6. The lowest BCUT2D eigenvalue weighted by Crippen LogP contribution is -2.59. The number of amides is 7. The van der Waals surface area contributed by atoms with Crippen LogP contribution in [0.15, 0.2) is 12.5 Å². The SMILES string of the molecule is CC(=O)NC1CCC(=O)NCCCCC(C(N)=O)NC(=O)[C@H](C(C)C)NC(=O)[C@H](C)NC(=O)[C@H](Cc2cnc[nH]2)NC1=O. The van der Waals surface area contributed by atoms with Gasteiger partial charge in [-0.1, -0.05) is 13.8 Å². The highest BCUT2D eigenvalue weighted by atomic mass is 16.2. The van der Waals surface area contributed by atoms with Gasteiger partial charge in [-0.25, -0.2) is 4.98 Å². The average molecular weight is 606 g/mol. The first-order chi connectivity index (χ1) is 20.3. The number of rotatable bonds is 5. The average Bonchev–Trinajstić information content (AvgIpc) is 3.44. The number of carbonyl (C=O) groups excluding carboxylic acids is 7. The van der Waals surface area contributed by atoms with Crippen LogP contribution in [0.2, 0.25) is 0 Å². The Morgan fingerprint density at radius 3 is 2.30 bits per heavy atom. The van der Waals surface area contributed by atoms with Crippen LogP contribution in [0.1, 0.15) is 65.5 Å². The standard InChI is InChI=1S/C27H43N9O7/c1-14(2)22-27(43)34-18(23(28)39)7-5-6-10-30-21(38)9-8-19(33-16(4)37)25(41)35-20(11-17-12-29-13-31-17)26(42)32-15(3)24(40)36-22/h12-15,18-20,22H,5-11H2,1-4H3,(H2,28,39)(H,29,31)(H,30,38)(H,32,42)(H,33,37)(H,34,43)(H,35,41)(H,36,40)/t15-,18?,19?,20-,22-/m0/s1. The molecule has 1 aromatic rings. The molecule has 0 aliphatic carbocycles. The van der Waals surface area contributed by atoms with Gasteiger partial charge in [0.05, 0.1) is 6.33 Å². The van der Waals surface area contributed by atoms with Gasteiger partial charge in [-0.15, -0.1) is 0 Å². The van der Waals surface area contributed by atoms with Crippen molar-refractivity contribution in [1.29, 1.82) is 0 Å². The third-order valence-electron chi connectivity index (χ3n) is 6.87. The largest absolute Gasteiger partial charge is 0.368 e. The summed E-state index contributed by atoms with van der Waals surface area (Å²) in [5.41, 5.74) is 6.01. The highest BCUT2D eigenvalue weighted by Gasteiger charge is 2.32. The van der Waals surface area contributed by atoms with Gasteiger partial charge in [-0.2, -0.15) is 0 Å². The van der Waals surface area contributed by atoms with Crippen molar-refractivity contribution in [2.45, 2.75) is 96.4 Å². The van der Waals surface area contributed by atoms with Gasteiger partial charge in [-0.3, -0.25) is 33.6 Å². The molecule has 1 aliphatic heterocycles. The molecule has 0 saturated carbocycles. The number of primary amides is 1. The summed E-state index contributed by atoms with van der Waals surface area (Å²) in [4.78, 5) is 95.7. The van der Waals surface area contributed by atoms with E-state index in [-0.39, 0.29) is 44.1 Å². The zero-order chi connectivity index (χ0) is 32.1. The van der Waals surface area contributed by atoms with Gasteiger partial charge in [0.25, 0.3) is 0 Å². The molecule has 7 amide bonds. The highest BCUT2D eigenvalue weighted by Crippen LogP contribution is 2.08. The summed E-state index contributed by atoms with van der Waals surface area (Å²) >= 11 is 0. The Morgan fingerprint density at radius 2 is 1.70 bits per heavy atom. The first-order valence-electron chi connectivity index (χ1n) is 14.3. The van der Waals surface area contributed by atoms with Crippen molar-refractivity contribution < 1.29 is 33.6 Å². The van der Waals surface area contributed by atoms with Crippen molar-refractivity contribution in [2.24, 2.45) is 11.7 Å². The normalized spacial score (nSPS) is 25.7. The molecule has 1 fully saturated rings. The number of H-pyrrole nitrogens is 1. The Bertz CT molecular complexity index is 1160. The Labute approximate surface area is 249 Å². The lowest BCUT2D eigenvalue weighted by molar-refractivity contribution is -0.135. The van der Waals surface area contributed by atoms with E-state index in [0.717, 1.165) is 0 Å². The molecule has 16 nitrogen and oxygen atoms in total. The van der Waals surface area contributed by atoms with Crippen molar-refractivity contribution in [3.05, 3.63) is 18.2 Å². The van der Waals surface area contributed by atoms with E-state index in [0.29, 0.717) is 18.5 Å². The molecule has 1 aromatic heterocycles. The molecule has 0 spiro atoms. The van der Waals surface area contributed by atoms with Crippen molar-refractivity contribution in [1.82, 2.24) is 41.9 Å². The maximum Gasteiger partial charge on any atom is 0.243 e. The molecule has 1 saturated heterocycles. The summed E-state index contributed by atoms with van der Waals surface area (Å²) in [6.45, 7) is 6.32. The molecular weight excluding hydrogens is 562 g/mol. The molecule has 9 N–H and O–H groups in total. The lowest BCUT2D eigenvalue weighted by Gasteiger charge is -2.27. The number of nitrogens with two attached hydrogens (primary N) is 1. The fourth-order valence-corrected chi connectivity index (χ4v) is 4.42. The smallest absolute Gasteiger partial charge is 0.243 e. The van der Waals surface area contributed by atoms with E-state index in [2.05, 4.69) is 41.9 Å². The van der Waals surface area contributed by atoms with E-state index in [4.69, 9.17) is 5.73 Å². The second kappa shape index (κ2) is 16.8. The molecule has 0 radical (unpaired) electrons. The Hall–Kier alpha value is -4.50. The summed E-state index contributed by atoms with van der Waals surface area (Å²) in [5, 5.41) is 15.6. The van der Waals surface area contributed by atoms with Crippen LogP contribution in [0.25, 0.3) is 0 Å². The summed E-state index contributed by atoms with van der Waals surface area (Å²) in [6, 6.07) is -5.47. The lowest BCUT2D eigenvalue weighted by atomic mass is 10.0. The summed E-state index contributed by atoms with van der Waals surface area (Å²) < 4.78 is 0. The fraction of sp³-hybridized carbons (Fsp3) is 0.630. The number of aromatic amines is 1. The predicted molar refractivity (Wildman–Crippen MR) is 153 cm³/mol. The van der Waals surface area contributed by atoms with Gasteiger partial charge < -0.3 is 42.6 Å². The van der Waals surface area contributed by atoms with E-state index in [1.807, 2.05) is 0 Å². The molecule has 43 heavy (non-hydrogen) atoms. The van der Waals surface area contributed by atoms with Crippen LogP contribution in [-0.4, -0.2) is 88.1 Å². The molecule has 238 valence electrons. The number of hydrogen-bond donors (Lipinski definition) is 8. The van der Waals surface area contributed by atoms with Gasteiger partial charge in [0.2, 0.25) is 41.4 Å². The summed E-state index contributed by atoms with van der Waals surface area (Å²) in [7, 11) is 0. The summed E-state index contributed by atoms with van der Waals surface area (Å²) in [6.07, 6.45) is 3.85. The number of nitrogens with zero attached hydrogens (tertiary/aromatic N) is 1. The first-order valence-corrected chi connectivity index (χ1v) is 14.3. The topological polar surface area (TPSA) is 246 Å². The van der Waals surface area contributed by atoms with E-state index in [1.165, 1.54) is 26.4 Å². The molecule has 16 heteroatoms. The van der Waals surface area contributed by atoms with Crippen LogP contribution in [0.5, 0.6) is 0 Å². The highest BCUT2D eigenvalue weighted by molar-refractivity contribution is 5.96. The molecule has 2 rings (SSSR count). The minimum atomic E-state index is -1.19. The Morgan fingerprint density at radius 1 is 0.977 bits per heavy atom. The third kappa shape index (κ3) is 11.7. The molecule has 1 aliphatic rings. The van der Waals surface area contributed by atoms with Gasteiger partial charge in [0.1, 0.15) is 30.2 Å². The minimum absolute atomic E-state index is 0.0231. The number of carbonyl (C=O) groups is 7. The van der Waals surface area contributed by atoms with Crippen molar-refractivity contribution in [3.8, 4) is 0 Å². The second-order valence-corrected chi connectivity index (χ2v) is 10.9. The quantitative estimate of drug-likeness (QED) is 0.180. The molecule has 5 atom stereocenters. The first kappa shape index (κ1) is 34.7. The number of aromatic nitrogens is 2. The third-order valence-corrected chi connectivity index (χ3v) is 6.87. The molecule has 2 heterocycles. The van der Waals surface area contributed by atoms with E-state index in [9.17, 15) is 33.6 Å². The second-order valence-electron chi connectivity index (χ2n) is 10.9. The van der Waals surface area contributed by atoms with E-state index < -0.39 is 65.7 Å². The Balaban J connectivity index is 2.34. The maximum atomic E-state index is 13.3. The van der Waals surface area contributed by atoms with E-state index in [1.54, 1.807) is 13.8 Å². The zero-order valence-electron chi connectivity index (χ0n) is 25.0. The monoisotopic (exact) mass is 605 g/mol. The van der Waals surface area contributed by atoms with Crippen LogP contribution < -0.4 is 37.6 Å². The summed E-state index contributed by atoms with van der Waals surface area (Å²) in [5.74, 6) is -4.68. The van der Waals surface area contributed by atoms with Crippen LogP contribution in [-0.2, 0) is 40.0 Å². The molecular formula is C27H43N9O7. The van der Waals surface area contributed by atoms with Crippen LogP contribution in [0.3, 0.4) is 0 Å². The molecule has 0 aromatic carbocycles. The van der Waals surface area contributed by atoms with E-state index >= 15 is 0 Å². The van der Waals surface area contributed by atoms with Crippen molar-refractivity contribution in [3.63, 3.8) is 0 Å². The van der Waals surface area contributed by atoms with Crippen molar-refractivity contribution >= 4 is 41.4 Å². The van der Waals surface area contributed by atoms with Gasteiger partial charge in [0, 0.05) is 38.2 Å². The van der Waals surface area contributed by atoms with Gasteiger partial charge >= 0.3 is 0 Å². The predicted octanol–water partition coefficient (Wildman–Crippen LogP) is -2.36. The zero-order valence-corrected chi connectivity index (χ0v) is 25.0. The van der Waals surface area contributed by atoms with Crippen LogP contribution in [0, 0.1) is 5.92 Å². The maximum absolute atomic E-state index is 13.3. The van der Waals surface area contributed by atoms with Crippen LogP contribution in [0.4, 0.5) is 0 Å². The van der Waals surface area contributed by atoms with Gasteiger partial charge in [-0.05, 0) is 38.5 Å². The van der Waals surface area contributed by atoms with Crippen molar-refractivity contribution in [2.75, 3.05) is 6.54 Å². The van der Waals surface area contributed by atoms with Crippen LogP contribution >= 0.6 is 0 Å². The fourth-order valence-electron chi connectivity index (χ4n) is 4.42. The number of imidazole rings is 1.